The molecule has 3 N–H and O–H groups in total. The molecule has 0 radical (unpaired) electrons. The fraction of sp³-hybridized carbons (Fsp3) is 0.571. The molecule has 0 unspecified atom stereocenters. The zero-order valence-electron chi connectivity index (χ0n) is 23.5. The highest BCUT2D eigenvalue weighted by Gasteiger charge is 2.41. The molecule has 1 heterocycles. The van der Waals surface area contributed by atoms with E-state index in [2.05, 4.69) is 28.6 Å². The number of hydrogen-bond acceptors (Lipinski definition) is 8. The maximum atomic E-state index is 15.4. The summed E-state index contributed by atoms with van der Waals surface area (Å²) in [6.07, 6.45) is 2.27. The van der Waals surface area contributed by atoms with Crippen LogP contribution in [0.1, 0.15) is 30.1 Å². The molecule has 1 fully saturated rings. The molecule has 1 aliphatic carbocycles. The van der Waals surface area contributed by atoms with E-state index in [1.807, 2.05) is 6.07 Å². The number of hydrogen-bond donors (Lipinski definition) is 2. The third kappa shape index (κ3) is 8.31. The van der Waals surface area contributed by atoms with Crippen LogP contribution in [0.15, 0.2) is 35.2 Å². The standard InChI is InChI=1S/C28H39Cl2FN4O5S/c1-34(2)20-4-3-9-35(18-20)26-17-22-23(14-19(29)15-24(22)30)28(26)40-27-6-5-21(16-25(27)31)41(36,37)33-8-11-39-13-12-38-10-7-32/h5-6,14-16,20,26,28,33H,3-4,7-13,17-18,32H2,1-2H3/t20-,26+,28+/m1/s1. The van der Waals surface area contributed by atoms with Crippen LogP contribution in [0.2, 0.25) is 10.0 Å². The first-order valence-electron chi connectivity index (χ1n) is 13.8. The molecule has 2 aromatic rings. The molecule has 4 rings (SSSR count). The Morgan fingerprint density at radius 2 is 1.88 bits per heavy atom. The number of likely N-dealkylation sites (tertiary alicyclic amines) is 1. The smallest absolute Gasteiger partial charge is 0.240 e. The second-order valence-corrected chi connectivity index (χ2v) is 13.1. The Balaban J connectivity index is 1.46. The second kappa shape index (κ2) is 14.8. The van der Waals surface area contributed by atoms with Gasteiger partial charge in [0.15, 0.2) is 11.6 Å². The van der Waals surface area contributed by atoms with Crippen LogP contribution in [-0.2, 0) is 25.9 Å². The minimum absolute atomic E-state index is 0.0327. The van der Waals surface area contributed by atoms with Gasteiger partial charge in [0, 0.05) is 41.3 Å². The molecule has 0 bridgehead atoms. The lowest BCUT2D eigenvalue weighted by Gasteiger charge is -2.41. The zero-order chi connectivity index (χ0) is 29.6. The van der Waals surface area contributed by atoms with Crippen LogP contribution in [0.25, 0.3) is 0 Å². The first kappa shape index (κ1) is 32.4. The lowest BCUT2D eigenvalue weighted by Crippen LogP contribution is -2.51. The average molecular weight is 634 g/mol. The van der Waals surface area contributed by atoms with E-state index in [1.54, 1.807) is 6.07 Å². The predicted molar refractivity (Wildman–Crippen MR) is 158 cm³/mol. The first-order chi connectivity index (χ1) is 19.6. The number of benzene rings is 2. The van der Waals surface area contributed by atoms with Crippen molar-refractivity contribution >= 4 is 33.2 Å². The van der Waals surface area contributed by atoms with Gasteiger partial charge in [0.05, 0.1) is 37.4 Å². The van der Waals surface area contributed by atoms with Gasteiger partial charge in [0.1, 0.15) is 6.10 Å². The lowest BCUT2D eigenvalue weighted by atomic mass is 10.0. The monoisotopic (exact) mass is 632 g/mol. The predicted octanol–water partition coefficient (Wildman–Crippen LogP) is 3.47. The Labute approximate surface area is 252 Å². The summed E-state index contributed by atoms with van der Waals surface area (Å²) >= 11 is 12.9. The summed E-state index contributed by atoms with van der Waals surface area (Å²) in [5, 5.41) is 1.04. The summed E-state index contributed by atoms with van der Waals surface area (Å²) in [6, 6.07) is 7.53. The molecule has 13 heteroatoms. The topological polar surface area (TPSA) is 106 Å². The normalized spacial score (nSPS) is 21.4. The summed E-state index contributed by atoms with van der Waals surface area (Å²) in [5.41, 5.74) is 7.11. The molecular weight excluding hydrogens is 594 g/mol. The third-order valence-electron chi connectivity index (χ3n) is 7.53. The van der Waals surface area contributed by atoms with Gasteiger partial charge >= 0.3 is 0 Å². The van der Waals surface area contributed by atoms with Gasteiger partial charge in [-0.05, 0) is 75.8 Å². The molecule has 9 nitrogen and oxygen atoms in total. The average Bonchev–Trinajstić information content (AvgIpc) is 3.29. The molecule has 41 heavy (non-hydrogen) atoms. The highest BCUT2D eigenvalue weighted by molar-refractivity contribution is 7.89. The van der Waals surface area contributed by atoms with E-state index in [4.69, 9.17) is 43.1 Å². The number of nitrogens with zero attached hydrogens (tertiary/aromatic N) is 2. The van der Waals surface area contributed by atoms with Crippen molar-refractivity contribution in [2.45, 2.75) is 42.3 Å². The highest BCUT2D eigenvalue weighted by Crippen LogP contribution is 2.43. The maximum Gasteiger partial charge on any atom is 0.240 e. The molecule has 0 saturated carbocycles. The van der Waals surface area contributed by atoms with E-state index in [0.29, 0.717) is 48.9 Å². The minimum atomic E-state index is -3.95. The largest absolute Gasteiger partial charge is 0.481 e. The number of nitrogens with one attached hydrogen (secondary N) is 1. The van der Waals surface area contributed by atoms with Gasteiger partial charge in [-0.2, -0.15) is 0 Å². The number of piperidine rings is 1. The Morgan fingerprint density at radius 1 is 1.12 bits per heavy atom. The minimum Gasteiger partial charge on any atom is -0.481 e. The number of sulfonamides is 1. The number of ether oxygens (including phenoxy) is 3. The third-order valence-corrected chi connectivity index (χ3v) is 9.55. The van der Waals surface area contributed by atoms with Crippen LogP contribution in [0.5, 0.6) is 5.75 Å². The Morgan fingerprint density at radius 3 is 2.59 bits per heavy atom. The summed E-state index contributed by atoms with van der Waals surface area (Å²) < 4.78 is 60.1. The van der Waals surface area contributed by atoms with Crippen molar-refractivity contribution in [1.29, 1.82) is 0 Å². The van der Waals surface area contributed by atoms with Crippen LogP contribution in [0.3, 0.4) is 0 Å². The van der Waals surface area contributed by atoms with Gasteiger partial charge in [0.25, 0.3) is 0 Å². The molecule has 0 spiro atoms. The Bertz CT molecular complexity index is 1290. The zero-order valence-corrected chi connectivity index (χ0v) is 25.8. The van der Waals surface area contributed by atoms with E-state index in [1.165, 1.54) is 12.1 Å². The summed E-state index contributed by atoms with van der Waals surface area (Å²) in [5.74, 6) is -0.809. The quantitative estimate of drug-likeness (QED) is 0.305. The van der Waals surface area contributed by atoms with Crippen molar-refractivity contribution in [1.82, 2.24) is 14.5 Å². The number of likely N-dealkylation sites (N-methyl/N-ethyl adjacent to an activating group) is 1. The number of rotatable bonds is 14. The summed E-state index contributed by atoms with van der Waals surface area (Å²) in [4.78, 5) is 4.41. The number of nitrogens with two attached hydrogens (primary N) is 1. The molecule has 2 aromatic carbocycles. The van der Waals surface area contributed by atoms with Crippen LogP contribution >= 0.6 is 23.2 Å². The van der Waals surface area contributed by atoms with Crippen molar-refractivity contribution in [3.63, 3.8) is 0 Å². The lowest BCUT2D eigenvalue weighted by molar-refractivity contribution is 0.0365. The first-order valence-corrected chi connectivity index (χ1v) is 16.0. The molecule has 1 aliphatic heterocycles. The van der Waals surface area contributed by atoms with Crippen LogP contribution in [0.4, 0.5) is 4.39 Å². The molecule has 228 valence electrons. The van der Waals surface area contributed by atoms with E-state index in [-0.39, 0.29) is 29.8 Å². The van der Waals surface area contributed by atoms with Crippen molar-refractivity contribution in [2.75, 3.05) is 66.7 Å². The molecule has 1 saturated heterocycles. The van der Waals surface area contributed by atoms with Gasteiger partial charge in [-0.3, -0.25) is 4.90 Å². The van der Waals surface area contributed by atoms with Gasteiger partial charge < -0.3 is 24.8 Å². The van der Waals surface area contributed by atoms with E-state index < -0.39 is 21.9 Å². The summed E-state index contributed by atoms with van der Waals surface area (Å²) in [7, 11) is 0.205. The summed E-state index contributed by atoms with van der Waals surface area (Å²) in [6.45, 7) is 3.47. The van der Waals surface area contributed by atoms with Crippen LogP contribution in [-0.4, -0.2) is 97.0 Å². The van der Waals surface area contributed by atoms with Crippen molar-refractivity contribution in [3.05, 3.63) is 57.3 Å². The van der Waals surface area contributed by atoms with Crippen molar-refractivity contribution < 1.29 is 27.0 Å². The molecular formula is C28H39Cl2FN4O5S. The van der Waals surface area contributed by atoms with Gasteiger partial charge in [0.2, 0.25) is 10.0 Å². The second-order valence-electron chi connectivity index (χ2n) is 10.5. The van der Waals surface area contributed by atoms with Gasteiger partial charge in [-0.1, -0.05) is 23.2 Å². The Kier molecular flexibility index (Phi) is 11.7. The SMILES string of the molecule is CN(C)[C@@H]1CCCN([C@H]2Cc3c(Cl)cc(Cl)cc3[C@@H]2Oc2ccc(S(=O)(=O)NCCOCCOCCN)cc2F)C1. The highest BCUT2D eigenvalue weighted by atomic mass is 35.5. The fourth-order valence-electron chi connectivity index (χ4n) is 5.40. The van der Waals surface area contributed by atoms with Gasteiger partial charge in [-0.25, -0.2) is 17.5 Å². The van der Waals surface area contributed by atoms with Crippen LogP contribution in [0, 0.1) is 5.82 Å². The fourth-order valence-corrected chi connectivity index (χ4v) is 7.01. The van der Waals surface area contributed by atoms with Gasteiger partial charge in [-0.15, -0.1) is 0 Å². The molecule has 0 aromatic heterocycles. The molecule has 0 amide bonds. The van der Waals surface area contributed by atoms with Crippen LogP contribution < -0.4 is 15.2 Å². The number of fused-ring (bicyclic) bond motifs is 1. The van der Waals surface area contributed by atoms with E-state index >= 15 is 4.39 Å². The molecule has 3 atom stereocenters. The van der Waals surface area contributed by atoms with Crippen molar-refractivity contribution in [3.8, 4) is 5.75 Å². The van der Waals surface area contributed by atoms with E-state index in [0.717, 1.165) is 43.1 Å². The Hall–Kier alpha value is -1.54. The maximum absolute atomic E-state index is 15.4. The van der Waals surface area contributed by atoms with Crippen molar-refractivity contribution in [2.24, 2.45) is 5.73 Å². The molecule has 2 aliphatic rings. The number of halogens is 3. The van der Waals surface area contributed by atoms with E-state index in [9.17, 15) is 8.42 Å².